The van der Waals surface area contributed by atoms with Crippen LogP contribution in [0.5, 0.6) is 5.75 Å². The van der Waals surface area contributed by atoms with Gasteiger partial charge in [0.15, 0.2) is 8.32 Å². The predicted molar refractivity (Wildman–Crippen MR) is 140 cm³/mol. The molecule has 7 heteroatoms. The molecule has 0 bridgehead atoms. The lowest BCUT2D eigenvalue weighted by Gasteiger charge is -2.40. The van der Waals surface area contributed by atoms with Gasteiger partial charge in [-0.25, -0.2) is 4.98 Å². The van der Waals surface area contributed by atoms with Crippen LogP contribution in [-0.2, 0) is 4.43 Å². The van der Waals surface area contributed by atoms with E-state index in [0.717, 1.165) is 16.9 Å². The van der Waals surface area contributed by atoms with Gasteiger partial charge in [-0.1, -0.05) is 69.3 Å². The number of para-hydroxylation sites is 1. The van der Waals surface area contributed by atoms with Gasteiger partial charge in [0, 0.05) is 18.2 Å². The Morgan fingerprint density at radius 2 is 1.74 bits per heavy atom. The molecule has 0 unspecified atom stereocenters. The minimum absolute atomic E-state index is 0.0568. The van der Waals surface area contributed by atoms with Crippen LogP contribution in [0.3, 0.4) is 0 Å². The Balaban J connectivity index is 1.79. The number of carbonyl (C=O) groups is 1. The zero-order valence-corrected chi connectivity index (χ0v) is 22.1. The van der Waals surface area contributed by atoms with Gasteiger partial charge < -0.3 is 19.5 Å². The minimum Gasteiger partial charge on any atom is -0.493 e. The summed E-state index contributed by atoms with van der Waals surface area (Å²) in [5.41, 5.74) is 7.87. The van der Waals surface area contributed by atoms with Gasteiger partial charge in [-0.05, 0) is 36.7 Å². The minimum atomic E-state index is -2.00. The van der Waals surface area contributed by atoms with Crippen molar-refractivity contribution in [1.29, 1.82) is 0 Å². The molecule has 182 valence electrons. The molecule has 2 N–H and O–H groups in total. The molecule has 2 atom stereocenters. The van der Waals surface area contributed by atoms with E-state index in [1.807, 2.05) is 41.0 Å². The van der Waals surface area contributed by atoms with Crippen LogP contribution in [-0.4, -0.2) is 36.5 Å². The number of rotatable bonds is 10. The number of hydrogen-bond donors (Lipinski definition) is 1. The van der Waals surface area contributed by atoms with Crippen molar-refractivity contribution in [2.75, 3.05) is 6.61 Å². The number of aromatic nitrogens is 2. The lowest BCUT2D eigenvalue weighted by molar-refractivity contribution is 0.0994. The number of primary amides is 1. The molecule has 0 saturated carbocycles. The lowest BCUT2D eigenvalue weighted by Crippen LogP contribution is -2.45. The van der Waals surface area contributed by atoms with Gasteiger partial charge >= 0.3 is 0 Å². The van der Waals surface area contributed by atoms with Crippen molar-refractivity contribution in [3.05, 3.63) is 72.8 Å². The number of amides is 1. The van der Waals surface area contributed by atoms with Crippen LogP contribution in [0.1, 0.15) is 50.6 Å². The van der Waals surface area contributed by atoms with E-state index in [2.05, 4.69) is 64.0 Å². The highest BCUT2D eigenvalue weighted by molar-refractivity contribution is 6.74. The third-order valence-electron chi connectivity index (χ3n) is 6.71. The van der Waals surface area contributed by atoms with E-state index in [9.17, 15) is 4.79 Å². The first-order valence-corrected chi connectivity index (χ1v) is 14.7. The van der Waals surface area contributed by atoms with E-state index in [1.165, 1.54) is 0 Å². The predicted octanol–water partition coefficient (Wildman–Crippen LogP) is 6.07. The van der Waals surface area contributed by atoms with Crippen molar-refractivity contribution in [2.24, 2.45) is 5.73 Å². The Kier molecular flexibility index (Phi) is 7.99. The summed E-state index contributed by atoms with van der Waals surface area (Å²) in [7, 11) is -2.00. The highest BCUT2D eigenvalue weighted by Gasteiger charge is 2.40. The summed E-state index contributed by atoms with van der Waals surface area (Å²) in [5, 5.41) is 0.0876. The number of carbonyl (C=O) groups excluding carboxylic acids is 1. The maximum Gasteiger partial charge on any atom is 0.268 e. The molecule has 3 aromatic rings. The molecule has 0 aliphatic carbocycles. The highest BCUT2D eigenvalue weighted by Crippen LogP contribution is 2.39. The Hall–Kier alpha value is -2.90. The molecule has 3 rings (SSSR count). The summed E-state index contributed by atoms with van der Waals surface area (Å²) in [6.07, 6.45) is 3.96. The number of nitrogens with zero attached hydrogens (tertiary/aromatic N) is 2. The second kappa shape index (κ2) is 10.6. The Morgan fingerprint density at radius 1 is 1.09 bits per heavy atom. The normalized spacial score (nSPS) is 13.9. The molecule has 1 heterocycles. The molecule has 0 spiro atoms. The van der Waals surface area contributed by atoms with E-state index in [1.54, 1.807) is 12.5 Å². The fourth-order valence-corrected chi connectivity index (χ4v) is 5.17. The number of ether oxygens (including phenoxy) is 1. The van der Waals surface area contributed by atoms with Crippen molar-refractivity contribution >= 4 is 14.2 Å². The largest absolute Gasteiger partial charge is 0.493 e. The summed E-state index contributed by atoms with van der Waals surface area (Å²) in [6, 6.07) is 18.2. The van der Waals surface area contributed by atoms with Crippen LogP contribution in [0.4, 0.5) is 0 Å². The molecule has 0 fully saturated rings. The molecule has 2 aromatic carbocycles. The first kappa shape index (κ1) is 25.7. The third kappa shape index (κ3) is 6.15. The van der Waals surface area contributed by atoms with Crippen LogP contribution in [0.25, 0.3) is 11.1 Å². The maximum atomic E-state index is 11.6. The van der Waals surface area contributed by atoms with E-state index < -0.39 is 14.2 Å². The van der Waals surface area contributed by atoms with Gasteiger partial charge in [0.1, 0.15) is 11.4 Å². The number of nitrogens with two attached hydrogens (primary N) is 1. The van der Waals surface area contributed by atoms with Crippen molar-refractivity contribution in [3.63, 3.8) is 0 Å². The molecular weight excluding hydrogens is 442 g/mol. The van der Waals surface area contributed by atoms with Crippen molar-refractivity contribution in [3.8, 4) is 16.9 Å². The van der Waals surface area contributed by atoms with Crippen LogP contribution in [0, 0.1) is 0 Å². The molecule has 1 aromatic heterocycles. The molecule has 0 saturated heterocycles. The van der Waals surface area contributed by atoms with E-state index in [0.29, 0.717) is 13.0 Å². The Bertz CT molecular complexity index is 1090. The molecular formula is C27H37N3O3Si. The topological polar surface area (TPSA) is 79.4 Å². The van der Waals surface area contributed by atoms with Gasteiger partial charge in [0.2, 0.25) is 0 Å². The van der Waals surface area contributed by atoms with Crippen LogP contribution in [0.15, 0.2) is 67.1 Å². The van der Waals surface area contributed by atoms with Crippen LogP contribution < -0.4 is 10.5 Å². The third-order valence-corrected chi connectivity index (χ3v) is 11.3. The summed E-state index contributed by atoms with van der Waals surface area (Å²) >= 11 is 0. The van der Waals surface area contributed by atoms with E-state index in [4.69, 9.17) is 14.9 Å². The standard InChI is InChI=1S/C27H37N3O3Si/c1-20(33-34(5,6)27(2,3)4)24(30-18-23(26(28)31)29-19-30)16-17-32-25-15-11-10-14-22(25)21-12-8-7-9-13-21/h7-15,18-20,24H,16-17H2,1-6H3,(H2,28,31)/t20-,24+/m0/s1. The second-order valence-electron chi connectivity index (χ2n) is 10.2. The van der Waals surface area contributed by atoms with Gasteiger partial charge in [0.05, 0.1) is 25.1 Å². The number of hydrogen-bond acceptors (Lipinski definition) is 4. The number of imidazole rings is 1. The first-order chi connectivity index (χ1) is 16.0. The number of benzene rings is 2. The zero-order chi connectivity index (χ0) is 24.9. The van der Waals surface area contributed by atoms with Gasteiger partial charge in [0.25, 0.3) is 5.91 Å². The van der Waals surface area contributed by atoms with Gasteiger partial charge in [-0.3, -0.25) is 4.79 Å². The average molecular weight is 480 g/mol. The fraction of sp³-hybridized carbons (Fsp3) is 0.407. The summed E-state index contributed by atoms with van der Waals surface area (Å²) in [5.74, 6) is 0.303. The van der Waals surface area contributed by atoms with Crippen molar-refractivity contribution in [2.45, 2.75) is 64.4 Å². The Morgan fingerprint density at radius 3 is 2.35 bits per heavy atom. The highest BCUT2D eigenvalue weighted by atomic mass is 28.4. The molecule has 0 aliphatic heterocycles. The average Bonchev–Trinajstić information content (AvgIpc) is 3.26. The summed E-state index contributed by atoms with van der Waals surface area (Å²) in [4.78, 5) is 15.8. The second-order valence-corrected chi connectivity index (χ2v) is 15.0. The molecule has 1 amide bonds. The molecule has 6 nitrogen and oxygen atoms in total. The van der Waals surface area contributed by atoms with Crippen molar-refractivity contribution in [1.82, 2.24) is 9.55 Å². The molecule has 0 aliphatic rings. The monoisotopic (exact) mass is 479 g/mol. The SMILES string of the molecule is C[C@H](O[Si](C)(C)C(C)(C)C)[C@@H](CCOc1ccccc1-c1ccccc1)n1cnc(C(N)=O)c1. The van der Waals surface area contributed by atoms with Crippen molar-refractivity contribution < 1.29 is 14.0 Å². The van der Waals surface area contributed by atoms with E-state index >= 15 is 0 Å². The van der Waals surface area contributed by atoms with E-state index in [-0.39, 0.29) is 22.9 Å². The zero-order valence-electron chi connectivity index (χ0n) is 21.1. The maximum absolute atomic E-state index is 11.6. The fourth-order valence-electron chi connectivity index (χ4n) is 3.73. The smallest absolute Gasteiger partial charge is 0.268 e. The summed E-state index contributed by atoms with van der Waals surface area (Å²) in [6.45, 7) is 13.8. The van der Waals surface area contributed by atoms with Gasteiger partial charge in [-0.2, -0.15) is 0 Å². The molecule has 0 radical (unpaired) electrons. The Labute approximate surface area is 204 Å². The van der Waals surface area contributed by atoms with Crippen LogP contribution in [0.2, 0.25) is 18.1 Å². The van der Waals surface area contributed by atoms with Crippen LogP contribution >= 0.6 is 0 Å². The first-order valence-electron chi connectivity index (χ1n) is 11.8. The quantitative estimate of drug-likeness (QED) is 0.358. The molecule has 34 heavy (non-hydrogen) atoms. The summed E-state index contributed by atoms with van der Waals surface area (Å²) < 4.78 is 14.9. The van der Waals surface area contributed by atoms with Gasteiger partial charge in [-0.15, -0.1) is 0 Å². The lowest BCUT2D eigenvalue weighted by atomic mass is 10.0.